The van der Waals surface area contributed by atoms with Gasteiger partial charge in [-0.2, -0.15) is 18.2 Å². The third kappa shape index (κ3) is 3.79. The van der Waals surface area contributed by atoms with Gasteiger partial charge in [-0.1, -0.05) is 19.0 Å². The average molecular weight is 331 g/mol. The monoisotopic (exact) mass is 331 g/mol. The summed E-state index contributed by atoms with van der Waals surface area (Å²) in [5.41, 5.74) is -2.63. The Bertz CT molecular complexity index is 735. The Morgan fingerprint density at radius 3 is 2.57 bits per heavy atom. The second-order valence-corrected chi connectivity index (χ2v) is 5.66. The van der Waals surface area contributed by atoms with E-state index >= 15 is 0 Å². The summed E-state index contributed by atoms with van der Waals surface area (Å²) >= 11 is 0. The number of pyridine rings is 1. The van der Waals surface area contributed by atoms with Crippen LogP contribution < -0.4 is 5.56 Å². The molecular formula is C14H16F3N3O3. The van der Waals surface area contributed by atoms with Crippen molar-refractivity contribution in [2.75, 3.05) is 13.7 Å². The van der Waals surface area contributed by atoms with Crippen LogP contribution in [0.3, 0.4) is 0 Å². The summed E-state index contributed by atoms with van der Waals surface area (Å²) in [6.07, 6.45) is -4.02. The smallest absolute Gasteiger partial charge is 0.385 e. The molecule has 2 heterocycles. The van der Waals surface area contributed by atoms with Crippen molar-refractivity contribution in [1.29, 1.82) is 0 Å². The predicted octanol–water partition coefficient (Wildman–Crippen LogP) is 2.76. The van der Waals surface area contributed by atoms with Crippen molar-refractivity contribution in [1.82, 2.24) is 15.1 Å². The van der Waals surface area contributed by atoms with E-state index < -0.39 is 22.8 Å². The Morgan fingerprint density at radius 1 is 1.30 bits per heavy atom. The highest BCUT2D eigenvalue weighted by atomic mass is 19.4. The molecule has 0 aliphatic heterocycles. The molecule has 2 rings (SSSR count). The molecule has 2 aromatic rings. The lowest BCUT2D eigenvalue weighted by Gasteiger charge is -2.18. The van der Waals surface area contributed by atoms with Gasteiger partial charge in [-0.15, -0.1) is 0 Å². The number of hydrogen-bond donors (Lipinski definition) is 1. The molecule has 1 N–H and O–H groups in total. The number of nitrogens with zero attached hydrogens (tertiary/aromatic N) is 2. The number of H-pyrrole nitrogens is 1. The molecule has 0 aliphatic carbocycles. The van der Waals surface area contributed by atoms with Crippen molar-refractivity contribution in [3.05, 3.63) is 34.1 Å². The fourth-order valence-corrected chi connectivity index (χ4v) is 1.89. The van der Waals surface area contributed by atoms with Crippen molar-refractivity contribution in [2.45, 2.75) is 31.9 Å². The van der Waals surface area contributed by atoms with Gasteiger partial charge in [0.25, 0.3) is 5.56 Å². The fourth-order valence-electron chi connectivity index (χ4n) is 1.89. The third-order valence-corrected chi connectivity index (χ3v) is 3.39. The zero-order valence-corrected chi connectivity index (χ0v) is 12.8. The second kappa shape index (κ2) is 6.15. The van der Waals surface area contributed by atoms with Gasteiger partial charge in [0.15, 0.2) is 0 Å². The van der Waals surface area contributed by atoms with E-state index in [9.17, 15) is 18.0 Å². The molecule has 0 amide bonds. The number of halogens is 3. The number of aromatic amines is 1. The fraction of sp³-hybridized carbons (Fsp3) is 0.500. The van der Waals surface area contributed by atoms with Crippen LogP contribution in [0.2, 0.25) is 0 Å². The highest BCUT2D eigenvalue weighted by molar-refractivity contribution is 5.52. The molecule has 0 saturated heterocycles. The Balaban J connectivity index is 2.33. The number of rotatable bonds is 5. The topological polar surface area (TPSA) is 81.0 Å². The molecule has 9 heteroatoms. The molecule has 0 bridgehead atoms. The van der Waals surface area contributed by atoms with Crippen molar-refractivity contribution in [2.24, 2.45) is 0 Å². The SMILES string of the molecule is COCCC(C)(C)c1nc(-c2ccc(C(F)(F)F)[nH]c2=O)no1. The predicted molar refractivity (Wildman–Crippen MR) is 74.9 cm³/mol. The lowest BCUT2D eigenvalue weighted by molar-refractivity contribution is -0.141. The Kier molecular flexibility index (Phi) is 4.60. The summed E-state index contributed by atoms with van der Waals surface area (Å²) in [5.74, 6) is 0.226. The summed E-state index contributed by atoms with van der Waals surface area (Å²) in [6.45, 7) is 4.20. The van der Waals surface area contributed by atoms with Gasteiger partial charge in [-0.05, 0) is 18.6 Å². The van der Waals surface area contributed by atoms with Crippen LogP contribution in [0, 0.1) is 0 Å². The van der Waals surface area contributed by atoms with E-state index in [4.69, 9.17) is 9.26 Å². The normalized spacial score (nSPS) is 12.6. The summed E-state index contributed by atoms with van der Waals surface area (Å²) in [6, 6.07) is 1.79. The number of alkyl halides is 3. The van der Waals surface area contributed by atoms with Gasteiger partial charge in [0, 0.05) is 19.1 Å². The Hall–Kier alpha value is -2.16. The molecule has 0 radical (unpaired) electrons. The molecule has 0 aromatic carbocycles. The highest BCUT2D eigenvalue weighted by Crippen LogP contribution is 2.29. The molecule has 2 aromatic heterocycles. The first kappa shape index (κ1) is 17.2. The van der Waals surface area contributed by atoms with Gasteiger partial charge in [0.05, 0.1) is 5.56 Å². The maximum Gasteiger partial charge on any atom is 0.431 e. The van der Waals surface area contributed by atoms with Crippen LogP contribution in [-0.2, 0) is 16.3 Å². The second-order valence-electron chi connectivity index (χ2n) is 5.66. The van der Waals surface area contributed by atoms with Gasteiger partial charge >= 0.3 is 6.18 Å². The molecule has 0 unspecified atom stereocenters. The van der Waals surface area contributed by atoms with E-state index in [1.54, 1.807) is 12.1 Å². The number of nitrogens with one attached hydrogen (secondary N) is 1. The van der Waals surface area contributed by atoms with E-state index in [0.717, 1.165) is 12.1 Å². The van der Waals surface area contributed by atoms with Gasteiger partial charge < -0.3 is 14.2 Å². The van der Waals surface area contributed by atoms with Crippen LogP contribution in [0.25, 0.3) is 11.4 Å². The van der Waals surface area contributed by atoms with Crippen LogP contribution in [0.1, 0.15) is 31.9 Å². The first-order chi connectivity index (χ1) is 10.6. The summed E-state index contributed by atoms with van der Waals surface area (Å²) < 4.78 is 47.8. The maximum atomic E-state index is 12.5. The summed E-state index contributed by atoms with van der Waals surface area (Å²) in [5, 5.41) is 3.69. The molecule has 0 spiro atoms. The third-order valence-electron chi connectivity index (χ3n) is 3.39. The molecule has 126 valence electrons. The molecule has 6 nitrogen and oxygen atoms in total. The molecular weight excluding hydrogens is 315 g/mol. The molecule has 0 atom stereocenters. The van der Waals surface area contributed by atoms with E-state index in [1.807, 2.05) is 13.8 Å². The first-order valence-corrected chi connectivity index (χ1v) is 6.79. The average Bonchev–Trinajstić information content (AvgIpc) is 2.94. The van der Waals surface area contributed by atoms with Crippen molar-refractivity contribution >= 4 is 0 Å². The first-order valence-electron chi connectivity index (χ1n) is 6.79. The van der Waals surface area contributed by atoms with E-state index in [1.165, 1.54) is 0 Å². The van der Waals surface area contributed by atoms with Crippen LogP contribution in [-0.4, -0.2) is 28.8 Å². The number of ether oxygens (including phenoxy) is 1. The zero-order chi connectivity index (χ0) is 17.3. The Labute approximate surface area is 129 Å². The standard InChI is InChI=1S/C14H16F3N3O3/c1-13(2,6-7-22-3)12-19-10(20-23-12)8-4-5-9(14(15,16)17)18-11(8)21/h4-5H,6-7H2,1-3H3,(H,18,21). The lowest BCUT2D eigenvalue weighted by Crippen LogP contribution is -2.20. The minimum absolute atomic E-state index is 0.0551. The highest BCUT2D eigenvalue weighted by Gasteiger charge is 2.33. The largest absolute Gasteiger partial charge is 0.431 e. The van der Waals surface area contributed by atoms with Gasteiger partial charge in [-0.25, -0.2) is 0 Å². The quantitative estimate of drug-likeness (QED) is 0.911. The van der Waals surface area contributed by atoms with E-state index in [-0.39, 0.29) is 17.3 Å². The summed E-state index contributed by atoms with van der Waals surface area (Å²) in [7, 11) is 1.57. The lowest BCUT2D eigenvalue weighted by atomic mass is 9.90. The molecule has 0 saturated carbocycles. The minimum Gasteiger partial charge on any atom is -0.385 e. The molecule has 23 heavy (non-hydrogen) atoms. The van der Waals surface area contributed by atoms with Crippen LogP contribution >= 0.6 is 0 Å². The van der Waals surface area contributed by atoms with Gasteiger partial charge in [0.2, 0.25) is 11.7 Å². The van der Waals surface area contributed by atoms with E-state index in [2.05, 4.69) is 10.1 Å². The van der Waals surface area contributed by atoms with Gasteiger partial charge in [0.1, 0.15) is 5.69 Å². The van der Waals surface area contributed by atoms with Crippen molar-refractivity contribution in [3.8, 4) is 11.4 Å². The maximum absolute atomic E-state index is 12.5. The number of aromatic nitrogens is 3. The van der Waals surface area contributed by atoms with Crippen LogP contribution in [0.15, 0.2) is 21.5 Å². The van der Waals surface area contributed by atoms with Gasteiger partial charge in [-0.3, -0.25) is 4.79 Å². The molecule has 0 fully saturated rings. The number of methoxy groups -OCH3 is 1. The zero-order valence-electron chi connectivity index (χ0n) is 12.8. The van der Waals surface area contributed by atoms with Crippen molar-refractivity contribution < 1.29 is 22.4 Å². The van der Waals surface area contributed by atoms with Crippen LogP contribution in [0.5, 0.6) is 0 Å². The van der Waals surface area contributed by atoms with Crippen molar-refractivity contribution in [3.63, 3.8) is 0 Å². The van der Waals surface area contributed by atoms with Crippen LogP contribution in [0.4, 0.5) is 13.2 Å². The Morgan fingerprint density at radius 2 is 2.00 bits per heavy atom. The molecule has 0 aliphatic rings. The summed E-state index contributed by atoms with van der Waals surface area (Å²) in [4.78, 5) is 17.7. The minimum atomic E-state index is -4.62. The van der Waals surface area contributed by atoms with E-state index in [0.29, 0.717) is 13.0 Å². The number of hydrogen-bond acceptors (Lipinski definition) is 5.